The summed E-state index contributed by atoms with van der Waals surface area (Å²) in [7, 11) is 0. The summed E-state index contributed by atoms with van der Waals surface area (Å²) in [4.78, 5) is 45.2. The average Bonchev–Trinajstić information content (AvgIpc) is 1.54. The molecule has 96 heavy (non-hydrogen) atoms. The number of unbranched alkanes of at least 4 members (excludes halogenated alkanes) is 15. The maximum absolute atomic E-state index is 11.3. The molecule has 552 valence electrons. The molecular formula is C89H154O7. The van der Waals surface area contributed by atoms with Crippen LogP contribution in [0.5, 0.6) is 0 Å². The predicted octanol–water partition coefficient (Wildman–Crippen LogP) is 25.4. The van der Waals surface area contributed by atoms with E-state index < -0.39 is 0 Å². The van der Waals surface area contributed by atoms with Gasteiger partial charge in [0.05, 0.1) is 18.3 Å². The fourth-order valence-electron chi connectivity index (χ4n) is 15.9. The van der Waals surface area contributed by atoms with Gasteiger partial charge in [-0.3, -0.25) is 19.2 Å². The Morgan fingerprint density at radius 3 is 0.865 bits per heavy atom. The van der Waals surface area contributed by atoms with Crippen LogP contribution in [-0.4, -0.2) is 56.8 Å². The van der Waals surface area contributed by atoms with Gasteiger partial charge < -0.3 is 15.3 Å². The second-order valence-corrected chi connectivity index (χ2v) is 31.9. The second kappa shape index (κ2) is 57.1. The van der Waals surface area contributed by atoms with Gasteiger partial charge >= 0.3 is 0 Å². The molecule has 0 saturated heterocycles. The zero-order chi connectivity index (χ0) is 71.5. The van der Waals surface area contributed by atoms with E-state index in [1.807, 2.05) is 36.5 Å². The zero-order valence-electron chi connectivity index (χ0n) is 65.4. The minimum absolute atomic E-state index is 0.166. The topological polar surface area (TPSA) is 129 Å². The number of allylic oxidation sites excluding steroid dienone is 13. The summed E-state index contributed by atoms with van der Waals surface area (Å²) in [5.74, 6) is 6.82. The smallest absolute Gasteiger partial charge is 0.155 e. The lowest BCUT2D eigenvalue weighted by atomic mass is 9.83. The summed E-state index contributed by atoms with van der Waals surface area (Å²) >= 11 is 0. The molecule has 0 bridgehead atoms. The lowest BCUT2D eigenvalue weighted by Gasteiger charge is -2.25. The minimum Gasteiger partial charge on any atom is -0.389 e. The number of aliphatic hydroxyl groups excluding tert-OH is 3. The monoisotopic (exact) mass is 1340 g/mol. The van der Waals surface area contributed by atoms with Gasteiger partial charge in [-0.1, -0.05) is 266 Å². The molecule has 7 rings (SSSR count). The Hall–Kier alpha value is -3.52. The molecule has 0 spiro atoms. The maximum atomic E-state index is 11.3. The number of carbonyl (C=O) groups is 4. The largest absolute Gasteiger partial charge is 0.389 e. The molecular weight excluding hydrogens is 1180 g/mol. The lowest BCUT2D eigenvalue weighted by Crippen LogP contribution is -2.18. The Morgan fingerprint density at radius 1 is 0.323 bits per heavy atom. The Morgan fingerprint density at radius 2 is 0.573 bits per heavy atom. The molecule has 0 aromatic heterocycles. The van der Waals surface area contributed by atoms with Crippen LogP contribution in [-0.2, 0) is 19.2 Å². The van der Waals surface area contributed by atoms with Gasteiger partial charge in [-0.25, -0.2) is 0 Å². The molecule has 3 N–H and O–H groups in total. The average molecular weight is 1340 g/mol. The molecule has 0 fully saturated rings. The van der Waals surface area contributed by atoms with Crippen molar-refractivity contribution in [3.63, 3.8) is 0 Å². The normalized spacial score (nSPS) is 24.9. The highest BCUT2D eigenvalue weighted by molar-refractivity contribution is 5.92. The van der Waals surface area contributed by atoms with Crippen LogP contribution < -0.4 is 0 Å². The first-order valence-corrected chi connectivity index (χ1v) is 40.4. The van der Waals surface area contributed by atoms with Crippen LogP contribution in [0.15, 0.2) is 93.7 Å². The van der Waals surface area contributed by atoms with E-state index in [2.05, 4.69) is 116 Å². The summed E-state index contributed by atoms with van der Waals surface area (Å²) in [6, 6.07) is 0. The summed E-state index contributed by atoms with van der Waals surface area (Å²) in [5, 5.41) is 28.6. The third-order valence-electron chi connectivity index (χ3n) is 20.3. The number of hydrogen-bond donors (Lipinski definition) is 3. The van der Waals surface area contributed by atoms with Gasteiger partial charge in [-0.2, -0.15) is 0 Å². The number of carbonyl (C=O) groups excluding carboxylic acids is 4. The Balaban J connectivity index is 0.000000561. The lowest BCUT2D eigenvalue weighted by molar-refractivity contribution is -0.116. The number of ketones is 4. The molecule has 0 saturated carbocycles. The van der Waals surface area contributed by atoms with Crippen LogP contribution in [0.25, 0.3) is 0 Å². The molecule has 7 heteroatoms. The van der Waals surface area contributed by atoms with Gasteiger partial charge in [0.1, 0.15) is 0 Å². The van der Waals surface area contributed by atoms with Gasteiger partial charge in [-0.15, -0.1) is 0 Å². The van der Waals surface area contributed by atoms with E-state index in [4.69, 9.17) is 0 Å². The van der Waals surface area contributed by atoms with Crippen molar-refractivity contribution in [2.24, 2.45) is 47.3 Å². The van der Waals surface area contributed by atoms with E-state index in [-0.39, 0.29) is 18.3 Å². The quantitative estimate of drug-likeness (QED) is 0.0466. The summed E-state index contributed by atoms with van der Waals surface area (Å²) < 4.78 is 0. The van der Waals surface area contributed by atoms with E-state index in [9.17, 15) is 34.5 Å². The zero-order valence-corrected chi connectivity index (χ0v) is 65.4. The first-order chi connectivity index (χ1) is 45.9. The highest BCUT2D eigenvalue weighted by Crippen LogP contribution is 2.33. The fourth-order valence-corrected chi connectivity index (χ4v) is 15.9. The van der Waals surface area contributed by atoms with Crippen molar-refractivity contribution in [3.8, 4) is 0 Å². The van der Waals surface area contributed by atoms with Crippen LogP contribution in [0.1, 0.15) is 380 Å². The van der Waals surface area contributed by atoms with Crippen LogP contribution in [0.2, 0.25) is 0 Å². The molecule has 7 aliphatic carbocycles. The van der Waals surface area contributed by atoms with Crippen LogP contribution in [0.3, 0.4) is 0 Å². The molecule has 0 radical (unpaired) electrons. The summed E-state index contributed by atoms with van der Waals surface area (Å²) in [5.41, 5.74) is 9.21. The Labute approximate surface area is 593 Å². The summed E-state index contributed by atoms with van der Waals surface area (Å²) in [6.45, 7) is 32.5. The first-order valence-electron chi connectivity index (χ1n) is 40.4. The third kappa shape index (κ3) is 49.9. The van der Waals surface area contributed by atoms with E-state index in [1.54, 1.807) is 6.08 Å². The minimum atomic E-state index is -0.178. The van der Waals surface area contributed by atoms with Crippen LogP contribution >= 0.6 is 0 Å². The van der Waals surface area contributed by atoms with E-state index >= 15 is 0 Å². The predicted molar refractivity (Wildman–Crippen MR) is 415 cm³/mol. The van der Waals surface area contributed by atoms with Crippen LogP contribution in [0.4, 0.5) is 0 Å². The molecule has 0 aliphatic heterocycles. The summed E-state index contributed by atoms with van der Waals surface area (Å²) in [6.07, 6.45) is 69.1. The molecule has 7 aliphatic rings. The van der Waals surface area contributed by atoms with Gasteiger partial charge in [-0.05, 0) is 229 Å². The molecule has 10 atom stereocenters. The van der Waals surface area contributed by atoms with Gasteiger partial charge in [0.25, 0.3) is 0 Å². The van der Waals surface area contributed by atoms with Gasteiger partial charge in [0.2, 0.25) is 0 Å². The highest BCUT2D eigenvalue weighted by atomic mass is 16.3. The molecule has 10 unspecified atom stereocenters. The number of aliphatic hydroxyl groups is 3. The van der Waals surface area contributed by atoms with Crippen molar-refractivity contribution in [1.29, 1.82) is 0 Å². The van der Waals surface area contributed by atoms with Crippen molar-refractivity contribution < 1.29 is 34.5 Å². The van der Waals surface area contributed by atoms with E-state index in [0.717, 1.165) is 108 Å². The van der Waals surface area contributed by atoms with Gasteiger partial charge in [0, 0.05) is 25.7 Å². The first kappa shape index (κ1) is 90.5. The van der Waals surface area contributed by atoms with Crippen molar-refractivity contribution in [2.45, 2.75) is 398 Å². The van der Waals surface area contributed by atoms with Crippen molar-refractivity contribution in [1.82, 2.24) is 0 Å². The molecule has 0 aromatic carbocycles. The molecule has 0 heterocycles. The third-order valence-corrected chi connectivity index (χ3v) is 20.3. The van der Waals surface area contributed by atoms with Gasteiger partial charge in [0.15, 0.2) is 23.1 Å². The number of hydrogen-bond acceptors (Lipinski definition) is 7. The standard InChI is InChI=1S/C14H26O.C14H24O.C13H22O.C13H20O.C12H22O.C12H20O.C11H20O/c2*1-3-4-5-6-7-8-13-9-12(2)10-14(15)11-13;2*1-3-4-5-6-7-12-8-11(2)9-13(14)10-12;2*1-3-4-5-6-11-7-10(2)8-12(13)9-11;1-8(2)4-10-5-9(3)6-11(12)7-10/h10,13-15H,3-9,11H2,1-2H3;10,13H,3-9,11H2,1-2H3;9,12H,3-8,10H2,1-2H3;4-5,9,12H,3,6-8,10H2,1-2H3;8,11-13H,3-7,9H2,1-2H3;8,11H,3-7,9H2,1-2H3;6,8,10-12H,4-5,7H2,1-3H3/b;;;5-4-;;;. The maximum Gasteiger partial charge on any atom is 0.155 e. The fraction of sp³-hybridized carbons (Fsp3) is 0.775. The second-order valence-electron chi connectivity index (χ2n) is 31.9. The van der Waals surface area contributed by atoms with Crippen LogP contribution in [0, 0.1) is 47.3 Å². The van der Waals surface area contributed by atoms with Crippen molar-refractivity contribution in [2.75, 3.05) is 0 Å². The molecule has 0 amide bonds. The van der Waals surface area contributed by atoms with E-state index in [0.29, 0.717) is 52.7 Å². The molecule has 0 aromatic rings. The molecule has 7 nitrogen and oxygen atoms in total. The SMILES string of the molecule is CC/C=C\CCC1CC(=O)C=C(C)C1.CC1=CC(O)CC(CC(C)C)C1.CCCCCC1CC(=O)C=C(C)C1.CCCCCC1CC(C)=CC(O)C1.CCCCCCC1CC(=O)C=C(C)C1.CCCCCCCC1CC(=O)C=C(C)C1.CCCCCCCC1CC(C)=CC(O)C1. The van der Waals surface area contributed by atoms with Crippen molar-refractivity contribution in [3.05, 3.63) is 93.7 Å². The van der Waals surface area contributed by atoms with E-state index in [1.165, 1.54) is 225 Å². The Kier molecular flexibility index (Phi) is 53.9. The highest BCUT2D eigenvalue weighted by Gasteiger charge is 2.24. The van der Waals surface area contributed by atoms with Crippen molar-refractivity contribution >= 4 is 23.1 Å². The number of rotatable bonds is 31. The Bertz CT molecular complexity index is 2330.